The van der Waals surface area contributed by atoms with Crippen LogP contribution in [0.1, 0.15) is 12.0 Å². The molecule has 1 fully saturated rings. The summed E-state index contributed by atoms with van der Waals surface area (Å²) in [6, 6.07) is 4.00. The highest BCUT2D eigenvalue weighted by molar-refractivity contribution is 5.88. The van der Waals surface area contributed by atoms with Crippen molar-refractivity contribution in [2.45, 2.75) is 25.1 Å². The number of carbonyl (C=O) groups excluding carboxylic acids is 1. The van der Waals surface area contributed by atoms with Crippen molar-refractivity contribution in [2.75, 3.05) is 24.5 Å². The quantitative estimate of drug-likeness (QED) is 0.783. The number of fused-ring (bicyclic) bond motifs is 1. The number of nitrogens with zero attached hydrogens (tertiary/aromatic N) is 2. The van der Waals surface area contributed by atoms with Crippen molar-refractivity contribution in [2.24, 2.45) is 0 Å². The van der Waals surface area contributed by atoms with E-state index in [-0.39, 0.29) is 6.54 Å². The van der Waals surface area contributed by atoms with Crippen LogP contribution in [0.5, 0.6) is 0 Å². The minimum absolute atomic E-state index is 0.0588. The van der Waals surface area contributed by atoms with Gasteiger partial charge in [-0.1, -0.05) is 12.1 Å². The summed E-state index contributed by atoms with van der Waals surface area (Å²) in [6.07, 6.45) is -3.50. The lowest BCUT2D eigenvalue weighted by Gasteiger charge is -2.26. The number of amides is 1. The van der Waals surface area contributed by atoms with Gasteiger partial charge in [0.05, 0.1) is 5.69 Å². The van der Waals surface area contributed by atoms with E-state index in [2.05, 4.69) is 0 Å². The fraction of sp³-hybridized carbons (Fsp3) is 0.500. The Labute approximate surface area is 119 Å². The zero-order valence-corrected chi connectivity index (χ0v) is 11.2. The fourth-order valence-corrected chi connectivity index (χ4v) is 3.13. The van der Waals surface area contributed by atoms with Crippen LogP contribution in [0.2, 0.25) is 0 Å². The third kappa shape index (κ3) is 2.56. The Morgan fingerprint density at radius 1 is 1.24 bits per heavy atom. The van der Waals surface area contributed by atoms with Crippen molar-refractivity contribution >= 4 is 11.6 Å². The molecular weight excluding hydrogens is 288 g/mol. The molecule has 3 nitrogen and oxygen atoms in total. The van der Waals surface area contributed by atoms with E-state index < -0.39 is 30.5 Å². The molecule has 0 saturated carbocycles. The zero-order chi connectivity index (χ0) is 15.2. The summed E-state index contributed by atoms with van der Waals surface area (Å²) in [6.45, 7) is -0.712. The molecule has 0 aliphatic carbocycles. The number of rotatable bonds is 2. The first-order valence-electron chi connectivity index (χ1n) is 6.76. The second-order valence-corrected chi connectivity index (χ2v) is 5.37. The van der Waals surface area contributed by atoms with Crippen LogP contribution in [0.4, 0.5) is 23.2 Å². The zero-order valence-electron chi connectivity index (χ0n) is 11.2. The van der Waals surface area contributed by atoms with Crippen LogP contribution in [-0.4, -0.2) is 42.7 Å². The Morgan fingerprint density at radius 3 is 2.71 bits per heavy atom. The molecule has 1 saturated heterocycles. The third-order valence-corrected chi connectivity index (χ3v) is 4.00. The smallest absolute Gasteiger partial charge is 0.357 e. The van der Waals surface area contributed by atoms with Gasteiger partial charge in [-0.15, -0.1) is 0 Å². The van der Waals surface area contributed by atoms with Crippen LogP contribution in [0.3, 0.4) is 0 Å². The molecule has 1 aromatic carbocycles. The average Bonchev–Trinajstić information content (AvgIpc) is 2.94. The summed E-state index contributed by atoms with van der Waals surface area (Å²) < 4.78 is 51.2. The molecule has 0 radical (unpaired) electrons. The predicted molar refractivity (Wildman–Crippen MR) is 68.5 cm³/mol. The Bertz CT molecular complexity index is 573. The van der Waals surface area contributed by atoms with Crippen molar-refractivity contribution in [3.63, 3.8) is 0 Å². The Morgan fingerprint density at radius 2 is 2.00 bits per heavy atom. The number of carbonyl (C=O) groups is 1. The van der Waals surface area contributed by atoms with E-state index in [0.717, 1.165) is 10.5 Å². The maximum atomic E-state index is 13.9. The number of anilines is 1. The van der Waals surface area contributed by atoms with Crippen molar-refractivity contribution in [1.82, 2.24) is 4.90 Å². The molecule has 0 N–H and O–H groups in total. The minimum Gasteiger partial charge on any atom is -0.357 e. The molecule has 2 aliphatic heterocycles. The Balaban J connectivity index is 1.80. The van der Waals surface area contributed by atoms with Gasteiger partial charge in [0.1, 0.15) is 18.4 Å². The first-order chi connectivity index (χ1) is 9.87. The topological polar surface area (TPSA) is 23.6 Å². The molecule has 1 aromatic rings. The van der Waals surface area contributed by atoms with Gasteiger partial charge < -0.3 is 9.80 Å². The molecule has 0 bridgehead atoms. The third-order valence-electron chi connectivity index (χ3n) is 4.00. The van der Waals surface area contributed by atoms with E-state index in [1.807, 2.05) is 0 Å². The van der Waals surface area contributed by atoms with E-state index >= 15 is 0 Å². The van der Waals surface area contributed by atoms with Gasteiger partial charge in [0.15, 0.2) is 0 Å². The summed E-state index contributed by atoms with van der Waals surface area (Å²) in [5.74, 6) is -0.990. The molecule has 7 heteroatoms. The monoisotopic (exact) mass is 302 g/mol. The lowest BCUT2D eigenvalue weighted by molar-refractivity contribution is -0.157. The van der Waals surface area contributed by atoms with Gasteiger partial charge in [-0.05, 0) is 24.5 Å². The minimum atomic E-state index is -4.40. The number of alkyl halides is 3. The molecule has 2 aliphatic rings. The largest absolute Gasteiger partial charge is 0.406 e. The number of likely N-dealkylation sites (tertiary alicyclic amines) is 1. The van der Waals surface area contributed by atoms with Crippen molar-refractivity contribution < 1.29 is 22.4 Å². The fourth-order valence-electron chi connectivity index (χ4n) is 3.13. The summed E-state index contributed by atoms with van der Waals surface area (Å²) >= 11 is 0. The van der Waals surface area contributed by atoms with Crippen molar-refractivity contribution in [3.8, 4) is 0 Å². The van der Waals surface area contributed by atoms with E-state index in [1.54, 1.807) is 17.0 Å². The number of para-hydroxylation sites is 1. The van der Waals surface area contributed by atoms with Gasteiger partial charge in [-0.3, -0.25) is 4.79 Å². The number of hydrogen-bond acceptors (Lipinski definition) is 2. The van der Waals surface area contributed by atoms with Crippen LogP contribution in [0, 0.1) is 5.82 Å². The molecule has 3 rings (SSSR count). The van der Waals surface area contributed by atoms with Gasteiger partial charge >= 0.3 is 6.18 Å². The van der Waals surface area contributed by atoms with Gasteiger partial charge in [-0.25, -0.2) is 4.39 Å². The molecule has 0 spiro atoms. The molecule has 21 heavy (non-hydrogen) atoms. The van der Waals surface area contributed by atoms with E-state index in [1.165, 1.54) is 6.07 Å². The molecule has 1 amide bonds. The molecule has 0 aromatic heterocycles. The normalized spacial score (nSPS) is 22.1. The molecule has 0 unspecified atom stereocenters. The molecular formula is C14H14F4N2O. The second kappa shape index (κ2) is 4.89. The lowest BCUT2D eigenvalue weighted by Crippen LogP contribution is -2.43. The highest BCUT2D eigenvalue weighted by Gasteiger charge is 2.43. The van der Waals surface area contributed by atoms with E-state index in [9.17, 15) is 22.4 Å². The Kier molecular flexibility index (Phi) is 3.30. The van der Waals surface area contributed by atoms with Gasteiger partial charge in [-0.2, -0.15) is 13.2 Å². The summed E-state index contributed by atoms with van der Waals surface area (Å²) in [5.41, 5.74) is 1.17. The first-order valence-corrected chi connectivity index (χ1v) is 6.76. The van der Waals surface area contributed by atoms with E-state index in [0.29, 0.717) is 25.1 Å². The number of benzene rings is 1. The van der Waals surface area contributed by atoms with Gasteiger partial charge in [0, 0.05) is 13.1 Å². The summed E-state index contributed by atoms with van der Waals surface area (Å²) in [4.78, 5) is 14.6. The van der Waals surface area contributed by atoms with Crippen LogP contribution in [0.25, 0.3) is 0 Å². The van der Waals surface area contributed by atoms with Gasteiger partial charge in [0.25, 0.3) is 0 Å². The molecule has 2 heterocycles. The van der Waals surface area contributed by atoms with Gasteiger partial charge in [0.2, 0.25) is 5.91 Å². The van der Waals surface area contributed by atoms with Crippen molar-refractivity contribution in [3.05, 3.63) is 29.6 Å². The van der Waals surface area contributed by atoms with Crippen LogP contribution >= 0.6 is 0 Å². The van der Waals surface area contributed by atoms with E-state index in [4.69, 9.17) is 0 Å². The SMILES string of the molecule is O=C1[C@@H](N2CCc3cccc(F)c32)CCN1CC(F)(F)F. The molecule has 114 valence electrons. The van der Waals surface area contributed by atoms with Crippen LogP contribution < -0.4 is 4.90 Å². The second-order valence-electron chi connectivity index (χ2n) is 5.37. The number of halogens is 4. The number of hydrogen-bond donors (Lipinski definition) is 0. The standard InChI is InChI=1S/C14H14F4N2O/c15-10-3-1-2-9-4-7-20(12(9)10)11-5-6-19(13(11)21)8-14(16,17)18/h1-3,11H,4-8H2/t11-/m0/s1. The maximum Gasteiger partial charge on any atom is 0.406 e. The van der Waals surface area contributed by atoms with Crippen LogP contribution in [0.15, 0.2) is 18.2 Å². The molecule has 1 atom stereocenters. The maximum absolute atomic E-state index is 13.9. The average molecular weight is 302 g/mol. The van der Waals surface area contributed by atoms with Crippen LogP contribution in [-0.2, 0) is 11.2 Å². The predicted octanol–water partition coefficient (Wildman–Crippen LogP) is 2.35. The summed E-state index contributed by atoms with van der Waals surface area (Å²) in [5, 5.41) is 0. The highest BCUT2D eigenvalue weighted by atomic mass is 19.4. The highest BCUT2D eigenvalue weighted by Crippen LogP contribution is 2.35. The summed E-state index contributed by atoms with van der Waals surface area (Å²) in [7, 11) is 0. The Hall–Kier alpha value is -1.79. The first kappa shape index (κ1) is 14.2. The lowest BCUT2D eigenvalue weighted by atomic mass is 10.1. The van der Waals surface area contributed by atoms with Crippen molar-refractivity contribution in [1.29, 1.82) is 0 Å².